The first kappa shape index (κ1) is 27.3. The number of amides is 1. The zero-order valence-electron chi connectivity index (χ0n) is 20.3. The fourth-order valence-electron chi connectivity index (χ4n) is 3.21. The maximum Gasteiger partial charge on any atom is 0.216 e. The van der Waals surface area contributed by atoms with Gasteiger partial charge in [0, 0.05) is 50.2 Å². The van der Waals surface area contributed by atoms with Crippen LogP contribution in [0.4, 0.5) is 0 Å². The van der Waals surface area contributed by atoms with Crippen molar-refractivity contribution in [3.05, 3.63) is 35.2 Å². The number of hydrogen-bond donors (Lipinski definition) is 3. The summed E-state index contributed by atoms with van der Waals surface area (Å²) in [4.78, 5) is 11.9. The third kappa shape index (κ3) is 10.7. The predicted molar refractivity (Wildman–Crippen MR) is 132 cm³/mol. The van der Waals surface area contributed by atoms with Gasteiger partial charge in [0.1, 0.15) is 5.76 Å². The van der Waals surface area contributed by atoms with Crippen LogP contribution in [0.5, 0.6) is 0 Å². The molecule has 1 amide bonds. The smallest absolute Gasteiger partial charge is 0.216 e. The quantitative estimate of drug-likeness (QED) is 0.235. The van der Waals surface area contributed by atoms with E-state index in [9.17, 15) is 4.79 Å². The molecule has 1 aromatic carbocycles. The van der Waals surface area contributed by atoms with E-state index in [0.29, 0.717) is 26.4 Å². The van der Waals surface area contributed by atoms with Crippen LogP contribution in [-0.2, 0) is 14.3 Å². The molecular formula is C24H38N4O4S. The Hall–Kier alpha value is -1.91. The lowest BCUT2D eigenvalue weighted by molar-refractivity contribution is -0.119. The summed E-state index contributed by atoms with van der Waals surface area (Å²) in [6.45, 7) is 13.4. The van der Waals surface area contributed by atoms with Crippen LogP contribution in [0.2, 0.25) is 0 Å². The van der Waals surface area contributed by atoms with Gasteiger partial charge in [0.05, 0.1) is 18.9 Å². The topological polar surface area (TPSA) is 97.7 Å². The molecule has 2 aromatic rings. The molecule has 1 aromatic heterocycles. The van der Waals surface area contributed by atoms with Crippen LogP contribution in [0.15, 0.2) is 27.6 Å². The Bertz CT molecular complexity index is 824. The highest BCUT2D eigenvalue weighted by molar-refractivity contribution is 7.97. The lowest BCUT2D eigenvalue weighted by atomic mass is 10.0. The molecule has 0 atom stereocenters. The van der Waals surface area contributed by atoms with E-state index in [4.69, 9.17) is 14.0 Å². The second-order valence-corrected chi connectivity index (χ2v) is 8.77. The highest BCUT2D eigenvalue weighted by Gasteiger charge is 2.12. The monoisotopic (exact) mass is 478 g/mol. The Morgan fingerprint density at radius 3 is 2.39 bits per heavy atom. The van der Waals surface area contributed by atoms with E-state index in [1.54, 1.807) is 11.9 Å². The maximum atomic E-state index is 10.7. The van der Waals surface area contributed by atoms with Gasteiger partial charge in [-0.2, -0.15) is 0 Å². The fraction of sp³-hybridized carbons (Fsp3) is 0.583. The molecule has 0 saturated heterocycles. The molecule has 0 aliphatic heterocycles. The van der Waals surface area contributed by atoms with Crippen LogP contribution in [0.25, 0.3) is 11.1 Å². The first-order valence-corrected chi connectivity index (χ1v) is 12.3. The van der Waals surface area contributed by atoms with Crippen molar-refractivity contribution >= 4 is 17.9 Å². The predicted octanol–water partition coefficient (Wildman–Crippen LogP) is 3.40. The molecule has 0 bridgehead atoms. The summed E-state index contributed by atoms with van der Waals surface area (Å²) in [5.74, 6) is 0.843. The van der Waals surface area contributed by atoms with Crippen LogP contribution < -0.4 is 15.4 Å². The van der Waals surface area contributed by atoms with Gasteiger partial charge in [0.15, 0.2) is 0 Å². The summed E-state index contributed by atoms with van der Waals surface area (Å²) in [6.07, 6.45) is 1.79. The molecule has 0 aliphatic carbocycles. The van der Waals surface area contributed by atoms with Gasteiger partial charge < -0.3 is 24.6 Å². The van der Waals surface area contributed by atoms with Crippen molar-refractivity contribution in [3.63, 3.8) is 0 Å². The molecule has 2 rings (SSSR count). The van der Waals surface area contributed by atoms with Crippen LogP contribution in [0.3, 0.4) is 0 Å². The number of aromatic nitrogens is 1. The van der Waals surface area contributed by atoms with E-state index in [-0.39, 0.29) is 5.91 Å². The Kier molecular flexibility index (Phi) is 13.1. The molecule has 0 aliphatic rings. The van der Waals surface area contributed by atoms with Gasteiger partial charge in [-0.05, 0) is 69.3 Å². The number of nitrogens with zero attached hydrogens (tertiary/aromatic N) is 1. The normalized spacial score (nSPS) is 11.2. The number of rotatable bonds is 17. The van der Waals surface area contributed by atoms with E-state index in [2.05, 4.69) is 45.6 Å². The van der Waals surface area contributed by atoms with Gasteiger partial charge in [0.25, 0.3) is 0 Å². The molecule has 1 heterocycles. The third-order valence-corrected chi connectivity index (χ3v) is 5.96. The Morgan fingerprint density at radius 2 is 1.73 bits per heavy atom. The molecule has 8 nitrogen and oxygen atoms in total. The second kappa shape index (κ2) is 15.8. The van der Waals surface area contributed by atoms with Gasteiger partial charge in [-0.25, -0.2) is 0 Å². The van der Waals surface area contributed by atoms with Gasteiger partial charge >= 0.3 is 0 Å². The Balaban J connectivity index is 1.47. The molecule has 33 heavy (non-hydrogen) atoms. The van der Waals surface area contributed by atoms with E-state index >= 15 is 0 Å². The number of carbonyl (C=O) groups is 1. The summed E-state index contributed by atoms with van der Waals surface area (Å²) in [5.41, 5.74) is 4.37. The van der Waals surface area contributed by atoms with Crippen LogP contribution >= 0.6 is 11.9 Å². The van der Waals surface area contributed by atoms with Gasteiger partial charge in [-0.15, -0.1) is 0 Å². The summed E-state index contributed by atoms with van der Waals surface area (Å²) in [6, 6.07) is 6.45. The molecule has 0 radical (unpaired) electrons. The first-order valence-electron chi connectivity index (χ1n) is 11.5. The van der Waals surface area contributed by atoms with Crippen molar-refractivity contribution in [2.45, 2.75) is 45.4 Å². The lowest BCUT2D eigenvalue weighted by Gasteiger charge is -2.10. The standard InChI is InChI=1S/C24H38N4O4S/c1-18-7-8-22(24-19(2)28-32-20(24)3)17-23(18)33-27-12-11-25-9-5-13-30-15-16-31-14-6-10-26-21(4)29/h7-8,17,25,27H,5-6,9-16H2,1-4H3,(H,26,29). The van der Waals surface area contributed by atoms with Crippen LogP contribution in [0.1, 0.15) is 36.8 Å². The Labute approximate surface area is 201 Å². The summed E-state index contributed by atoms with van der Waals surface area (Å²) < 4.78 is 19.8. The largest absolute Gasteiger partial charge is 0.379 e. The zero-order valence-corrected chi connectivity index (χ0v) is 21.1. The van der Waals surface area contributed by atoms with E-state index in [1.807, 2.05) is 13.8 Å². The SMILES string of the molecule is CC(=O)NCCCOCCOCCCNCCNSc1cc(-c2c(C)noc2C)ccc1C. The Morgan fingerprint density at radius 1 is 1.00 bits per heavy atom. The van der Waals surface area contributed by atoms with Gasteiger partial charge in [-0.3, -0.25) is 9.52 Å². The number of nitrogens with one attached hydrogen (secondary N) is 3. The third-order valence-electron chi connectivity index (χ3n) is 4.95. The van der Waals surface area contributed by atoms with E-state index < -0.39 is 0 Å². The lowest BCUT2D eigenvalue weighted by Crippen LogP contribution is -2.25. The van der Waals surface area contributed by atoms with Crippen molar-refractivity contribution < 1.29 is 18.8 Å². The van der Waals surface area contributed by atoms with Crippen LogP contribution in [0, 0.1) is 20.8 Å². The number of ether oxygens (including phenoxy) is 2. The van der Waals surface area contributed by atoms with Crippen molar-refractivity contribution in [2.24, 2.45) is 0 Å². The van der Waals surface area contributed by atoms with Crippen molar-refractivity contribution in [2.75, 3.05) is 52.6 Å². The average molecular weight is 479 g/mol. The minimum atomic E-state index is -0.00385. The molecule has 3 N–H and O–H groups in total. The van der Waals surface area contributed by atoms with E-state index in [0.717, 1.165) is 61.7 Å². The van der Waals surface area contributed by atoms with E-state index in [1.165, 1.54) is 17.4 Å². The van der Waals surface area contributed by atoms with Crippen LogP contribution in [-0.4, -0.2) is 63.7 Å². The average Bonchev–Trinajstić information content (AvgIpc) is 3.12. The van der Waals surface area contributed by atoms with Crippen molar-refractivity contribution in [1.29, 1.82) is 0 Å². The van der Waals surface area contributed by atoms with Gasteiger partial charge in [-0.1, -0.05) is 17.3 Å². The zero-order chi connectivity index (χ0) is 23.9. The summed E-state index contributed by atoms with van der Waals surface area (Å²) >= 11 is 1.66. The molecular weight excluding hydrogens is 440 g/mol. The fourth-order valence-corrected chi connectivity index (χ4v) is 3.99. The van der Waals surface area contributed by atoms with Crippen molar-refractivity contribution in [3.8, 4) is 11.1 Å². The molecule has 0 unspecified atom stereocenters. The molecule has 0 spiro atoms. The number of hydrogen-bond acceptors (Lipinski definition) is 8. The first-order chi connectivity index (χ1) is 16.0. The summed E-state index contributed by atoms with van der Waals surface area (Å²) in [7, 11) is 0. The van der Waals surface area contributed by atoms with Crippen molar-refractivity contribution in [1.82, 2.24) is 20.5 Å². The molecule has 9 heteroatoms. The number of carbonyl (C=O) groups excluding carboxylic acids is 1. The summed E-state index contributed by atoms with van der Waals surface area (Å²) in [5, 5.41) is 10.2. The number of benzene rings is 1. The molecule has 184 valence electrons. The molecule has 0 fully saturated rings. The highest BCUT2D eigenvalue weighted by Crippen LogP contribution is 2.31. The molecule has 0 saturated carbocycles. The number of aryl methyl sites for hydroxylation is 3. The minimum Gasteiger partial charge on any atom is -0.379 e. The second-order valence-electron chi connectivity index (χ2n) is 7.84. The highest BCUT2D eigenvalue weighted by atomic mass is 32.2. The minimum absolute atomic E-state index is 0.00385. The van der Waals surface area contributed by atoms with Gasteiger partial charge in [0.2, 0.25) is 5.91 Å². The maximum absolute atomic E-state index is 10.7.